The van der Waals surface area contributed by atoms with Gasteiger partial charge in [-0.05, 0) is 12.8 Å². The molecular weight excluding hydrogens is 234 g/mol. The Balaban J connectivity index is 1.77. The van der Waals surface area contributed by atoms with Crippen molar-refractivity contribution in [3.05, 3.63) is 12.2 Å². The summed E-state index contributed by atoms with van der Waals surface area (Å²) in [6.07, 6.45) is 5.69. The average molecular weight is 251 g/mol. The summed E-state index contributed by atoms with van der Waals surface area (Å²) in [6, 6.07) is 0. The predicted octanol–water partition coefficient (Wildman–Crippen LogP) is 0.0890. The second-order valence-electron chi connectivity index (χ2n) is 5.45. The Morgan fingerprint density at radius 2 is 1.89 bits per heavy atom. The Morgan fingerprint density at radius 1 is 1.28 bits per heavy atom. The molecule has 3 unspecified atom stereocenters. The minimum Gasteiger partial charge on any atom is -0.386 e. The zero-order valence-corrected chi connectivity index (χ0v) is 10.2. The van der Waals surface area contributed by atoms with E-state index in [4.69, 9.17) is 4.74 Å². The number of amides is 2. The SMILES string of the molecule is O=C1C2CC=CCC2C(=O)N1CC1(O)CCOC1. The van der Waals surface area contributed by atoms with E-state index in [1.54, 1.807) is 0 Å². The Labute approximate surface area is 105 Å². The van der Waals surface area contributed by atoms with Crippen molar-refractivity contribution in [2.75, 3.05) is 19.8 Å². The number of carbonyl (C=O) groups is 2. The van der Waals surface area contributed by atoms with Crippen LogP contribution in [0.15, 0.2) is 12.2 Å². The van der Waals surface area contributed by atoms with E-state index in [9.17, 15) is 14.7 Å². The number of imide groups is 1. The summed E-state index contributed by atoms with van der Waals surface area (Å²) in [5.74, 6) is -0.689. The number of ether oxygens (including phenoxy) is 1. The van der Waals surface area contributed by atoms with Crippen molar-refractivity contribution in [2.45, 2.75) is 24.9 Å². The van der Waals surface area contributed by atoms with Gasteiger partial charge < -0.3 is 9.84 Å². The highest BCUT2D eigenvalue weighted by Gasteiger charge is 2.49. The molecule has 1 N–H and O–H groups in total. The van der Waals surface area contributed by atoms with Crippen molar-refractivity contribution in [1.82, 2.24) is 4.90 Å². The van der Waals surface area contributed by atoms with E-state index in [0.717, 1.165) is 0 Å². The Bertz CT molecular complexity index is 385. The van der Waals surface area contributed by atoms with Crippen LogP contribution in [-0.2, 0) is 14.3 Å². The van der Waals surface area contributed by atoms with Crippen molar-refractivity contribution in [2.24, 2.45) is 11.8 Å². The Kier molecular flexibility index (Phi) is 2.75. The molecule has 0 aromatic heterocycles. The average Bonchev–Trinajstić information content (AvgIpc) is 2.89. The van der Waals surface area contributed by atoms with Gasteiger partial charge in [-0.1, -0.05) is 12.2 Å². The largest absolute Gasteiger partial charge is 0.386 e. The van der Waals surface area contributed by atoms with Crippen molar-refractivity contribution < 1.29 is 19.4 Å². The molecule has 2 aliphatic heterocycles. The smallest absolute Gasteiger partial charge is 0.233 e. The molecule has 98 valence electrons. The van der Waals surface area contributed by atoms with Crippen LogP contribution in [0.1, 0.15) is 19.3 Å². The first-order valence-electron chi connectivity index (χ1n) is 6.41. The molecular formula is C13H17NO4. The third-order valence-electron chi connectivity index (χ3n) is 4.13. The molecule has 18 heavy (non-hydrogen) atoms. The Hall–Kier alpha value is -1.20. The maximum Gasteiger partial charge on any atom is 0.233 e. The molecule has 5 heteroatoms. The number of β-amino-alcohol motifs (C(OH)–C–C–N with tert-alkyl or cyclic N) is 1. The molecule has 2 saturated heterocycles. The fraction of sp³-hybridized carbons (Fsp3) is 0.692. The van der Waals surface area contributed by atoms with Gasteiger partial charge in [-0.3, -0.25) is 14.5 Å². The van der Waals surface area contributed by atoms with Crippen LogP contribution >= 0.6 is 0 Å². The molecule has 0 bridgehead atoms. The number of hydrogen-bond acceptors (Lipinski definition) is 4. The molecule has 2 amide bonds. The molecule has 3 aliphatic rings. The van der Waals surface area contributed by atoms with Gasteiger partial charge in [-0.15, -0.1) is 0 Å². The van der Waals surface area contributed by atoms with E-state index >= 15 is 0 Å². The Morgan fingerprint density at radius 3 is 2.39 bits per heavy atom. The lowest BCUT2D eigenvalue weighted by Crippen LogP contribution is -2.46. The van der Waals surface area contributed by atoms with E-state index in [-0.39, 0.29) is 36.8 Å². The van der Waals surface area contributed by atoms with Gasteiger partial charge in [0, 0.05) is 13.0 Å². The zero-order chi connectivity index (χ0) is 12.8. The van der Waals surface area contributed by atoms with Crippen molar-refractivity contribution >= 4 is 11.8 Å². The lowest BCUT2D eigenvalue weighted by Gasteiger charge is -2.26. The summed E-state index contributed by atoms with van der Waals surface area (Å²) in [6.45, 7) is 0.774. The summed E-state index contributed by atoms with van der Waals surface area (Å²) < 4.78 is 5.15. The first kappa shape index (κ1) is 11.9. The predicted molar refractivity (Wildman–Crippen MR) is 62.5 cm³/mol. The van der Waals surface area contributed by atoms with Crippen LogP contribution in [0.4, 0.5) is 0 Å². The highest BCUT2D eigenvalue weighted by Crippen LogP contribution is 2.36. The van der Waals surface area contributed by atoms with E-state index in [1.807, 2.05) is 12.2 Å². The van der Waals surface area contributed by atoms with Crippen molar-refractivity contribution in [3.63, 3.8) is 0 Å². The lowest BCUT2D eigenvalue weighted by molar-refractivity contribution is -0.144. The number of aliphatic hydroxyl groups is 1. The fourth-order valence-electron chi connectivity index (χ4n) is 3.04. The van der Waals surface area contributed by atoms with E-state index in [1.165, 1.54) is 4.90 Å². The van der Waals surface area contributed by atoms with Crippen LogP contribution in [0, 0.1) is 11.8 Å². The molecule has 1 aliphatic carbocycles. The number of fused-ring (bicyclic) bond motifs is 1. The molecule has 3 atom stereocenters. The monoisotopic (exact) mass is 251 g/mol. The standard InChI is InChI=1S/C13H17NO4/c15-11-9-3-1-2-4-10(9)12(16)14(11)7-13(17)5-6-18-8-13/h1-2,9-10,17H,3-8H2. The molecule has 2 fully saturated rings. The number of hydrogen-bond donors (Lipinski definition) is 1. The first-order chi connectivity index (χ1) is 8.61. The van der Waals surface area contributed by atoms with Gasteiger partial charge in [0.2, 0.25) is 11.8 Å². The normalized spacial score (nSPS) is 39.5. The number of allylic oxidation sites excluding steroid dienone is 2. The highest BCUT2D eigenvalue weighted by molar-refractivity contribution is 6.05. The van der Waals surface area contributed by atoms with E-state index < -0.39 is 5.60 Å². The second kappa shape index (κ2) is 4.17. The number of carbonyl (C=O) groups excluding carboxylic acids is 2. The van der Waals surface area contributed by atoms with E-state index in [2.05, 4.69) is 0 Å². The maximum absolute atomic E-state index is 12.2. The van der Waals surface area contributed by atoms with Gasteiger partial charge in [0.15, 0.2) is 0 Å². The van der Waals surface area contributed by atoms with Gasteiger partial charge in [-0.2, -0.15) is 0 Å². The minimum absolute atomic E-state index is 0.0810. The third kappa shape index (κ3) is 1.78. The van der Waals surface area contributed by atoms with Crippen LogP contribution in [-0.4, -0.2) is 47.2 Å². The third-order valence-corrected chi connectivity index (χ3v) is 4.13. The summed E-state index contributed by atoms with van der Waals surface area (Å²) in [5.41, 5.74) is -1.05. The van der Waals surface area contributed by atoms with Gasteiger partial charge in [-0.25, -0.2) is 0 Å². The molecule has 5 nitrogen and oxygen atoms in total. The quantitative estimate of drug-likeness (QED) is 0.558. The number of nitrogens with zero attached hydrogens (tertiary/aromatic N) is 1. The van der Waals surface area contributed by atoms with Gasteiger partial charge in [0.05, 0.1) is 25.0 Å². The zero-order valence-electron chi connectivity index (χ0n) is 10.2. The van der Waals surface area contributed by atoms with Gasteiger partial charge in [0.25, 0.3) is 0 Å². The molecule has 0 aromatic carbocycles. The molecule has 3 rings (SSSR count). The molecule has 0 radical (unpaired) electrons. The van der Waals surface area contributed by atoms with Crippen LogP contribution in [0.5, 0.6) is 0 Å². The number of likely N-dealkylation sites (tertiary alicyclic amines) is 1. The van der Waals surface area contributed by atoms with Crippen LogP contribution in [0.3, 0.4) is 0 Å². The first-order valence-corrected chi connectivity index (χ1v) is 6.41. The minimum atomic E-state index is -1.05. The van der Waals surface area contributed by atoms with Gasteiger partial charge >= 0.3 is 0 Å². The van der Waals surface area contributed by atoms with Gasteiger partial charge in [0.1, 0.15) is 5.60 Å². The summed E-state index contributed by atoms with van der Waals surface area (Å²) >= 11 is 0. The topological polar surface area (TPSA) is 66.8 Å². The fourth-order valence-corrected chi connectivity index (χ4v) is 3.04. The molecule has 0 saturated carbocycles. The number of rotatable bonds is 2. The summed E-state index contributed by atoms with van der Waals surface area (Å²) in [4.78, 5) is 25.6. The maximum atomic E-state index is 12.2. The van der Waals surface area contributed by atoms with Crippen LogP contribution in [0.2, 0.25) is 0 Å². The van der Waals surface area contributed by atoms with Crippen molar-refractivity contribution in [1.29, 1.82) is 0 Å². The van der Waals surface area contributed by atoms with Crippen LogP contribution < -0.4 is 0 Å². The van der Waals surface area contributed by atoms with Crippen LogP contribution in [0.25, 0.3) is 0 Å². The molecule has 0 spiro atoms. The summed E-state index contributed by atoms with van der Waals surface area (Å²) in [7, 11) is 0. The summed E-state index contributed by atoms with van der Waals surface area (Å²) in [5, 5.41) is 10.2. The molecule has 0 aromatic rings. The van der Waals surface area contributed by atoms with Crippen molar-refractivity contribution in [3.8, 4) is 0 Å². The highest BCUT2D eigenvalue weighted by atomic mass is 16.5. The van der Waals surface area contributed by atoms with E-state index in [0.29, 0.717) is 25.9 Å². The second-order valence-corrected chi connectivity index (χ2v) is 5.45. The lowest BCUT2D eigenvalue weighted by atomic mass is 9.85. The molecule has 2 heterocycles.